The van der Waals surface area contributed by atoms with Crippen molar-refractivity contribution in [3.05, 3.63) is 47.8 Å². The van der Waals surface area contributed by atoms with Gasteiger partial charge < -0.3 is 0 Å². The van der Waals surface area contributed by atoms with Gasteiger partial charge in [-0.15, -0.1) is 0 Å². The monoisotopic (exact) mass is 356 g/mol. The molecule has 3 rings (SSSR count). The summed E-state index contributed by atoms with van der Waals surface area (Å²) in [4.78, 5) is 0. The van der Waals surface area contributed by atoms with Crippen LogP contribution in [-0.2, 0) is 6.42 Å². The van der Waals surface area contributed by atoms with Crippen LogP contribution >= 0.6 is 0 Å². The van der Waals surface area contributed by atoms with Gasteiger partial charge in [-0.1, -0.05) is 56.5 Å². The minimum Gasteiger partial charge on any atom is -0.216 e. The Bertz CT molecular complexity index is 528. The van der Waals surface area contributed by atoms with Crippen molar-refractivity contribution in [2.75, 3.05) is 0 Å². The van der Waals surface area contributed by atoms with Crippen molar-refractivity contribution < 1.29 is 4.39 Å². The summed E-state index contributed by atoms with van der Waals surface area (Å²) in [5.41, 5.74) is 3.06. The zero-order valence-corrected chi connectivity index (χ0v) is 16.6. The SMILES string of the molecule is CCCc1ccc([C@H]2CC[C@H](CC[C@H]3CC[C@H](C=CF)CC3)CC2)cc1. The Morgan fingerprint density at radius 3 is 1.96 bits per heavy atom. The van der Waals surface area contributed by atoms with Gasteiger partial charge in [0, 0.05) is 0 Å². The van der Waals surface area contributed by atoms with E-state index in [-0.39, 0.29) is 0 Å². The van der Waals surface area contributed by atoms with E-state index in [0.29, 0.717) is 5.92 Å². The van der Waals surface area contributed by atoms with E-state index in [1.165, 1.54) is 82.6 Å². The fourth-order valence-electron chi connectivity index (χ4n) is 5.27. The number of hydrogen-bond donors (Lipinski definition) is 0. The van der Waals surface area contributed by atoms with E-state index in [1.807, 2.05) is 0 Å². The molecule has 2 aliphatic rings. The van der Waals surface area contributed by atoms with Gasteiger partial charge >= 0.3 is 0 Å². The second kappa shape index (κ2) is 10.3. The van der Waals surface area contributed by atoms with Crippen molar-refractivity contribution in [2.24, 2.45) is 17.8 Å². The summed E-state index contributed by atoms with van der Waals surface area (Å²) in [6.07, 6.45) is 18.4. The molecule has 0 saturated heterocycles. The fraction of sp³-hybridized carbons (Fsp3) is 0.680. The smallest absolute Gasteiger partial charge is 0.0829 e. The molecular weight excluding hydrogens is 319 g/mol. The first kappa shape index (κ1) is 19.6. The number of hydrogen-bond acceptors (Lipinski definition) is 0. The van der Waals surface area contributed by atoms with Crippen LogP contribution in [0.3, 0.4) is 0 Å². The van der Waals surface area contributed by atoms with Gasteiger partial charge in [-0.25, -0.2) is 4.39 Å². The lowest BCUT2D eigenvalue weighted by Crippen LogP contribution is -2.17. The zero-order valence-electron chi connectivity index (χ0n) is 16.6. The van der Waals surface area contributed by atoms with E-state index < -0.39 is 0 Å². The first-order valence-electron chi connectivity index (χ1n) is 11.1. The normalized spacial score (nSPS) is 29.9. The summed E-state index contributed by atoms with van der Waals surface area (Å²) in [7, 11) is 0. The molecule has 0 aliphatic heterocycles. The largest absolute Gasteiger partial charge is 0.216 e. The highest BCUT2D eigenvalue weighted by atomic mass is 19.1. The molecular formula is C25H37F. The molecule has 0 unspecified atom stereocenters. The molecule has 0 nitrogen and oxygen atoms in total. The molecule has 26 heavy (non-hydrogen) atoms. The first-order chi connectivity index (χ1) is 12.8. The third-order valence-electron chi connectivity index (χ3n) is 7.06. The summed E-state index contributed by atoms with van der Waals surface area (Å²) in [5, 5.41) is 0. The number of halogens is 1. The summed E-state index contributed by atoms with van der Waals surface area (Å²) in [6, 6.07) is 9.47. The highest BCUT2D eigenvalue weighted by Gasteiger charge is 2.24. The maximum absolute atomic E-state index is 12.3. The van der Waals surface area contributed by atoms with Crippen molar-refractivity contribution in [2.45, 2.75) is 89.9 Å². The molecule has 0 atom stereocenters. The van der Waals surface area contributed by atoms with E-state index in [1.54, 1.807) is 11.6 Å². The molecule has 2 aliphatic carbocycles. The summed E-state index contributed by atoms with van der Waals surface area (Å²) in [6.45, 7) is 2.25. The molecule has 144 valence electrons. The molecule has 0 amide bonds. The van der Waals surface area contributed by atoms with Crippen LogP contribution in [0.4, 0.5) is 4.39 Å². The molecule has 0 radical (unpaired) electrons. The standard InChI is InChI=1S/C25H37F/c1-2-3-20-10-14-24(15-11-20)25-16-12-22(13-17-25)5-4-21-6-8-23(9-7-21)18-19-26/h10-11,14-15,18-19,21-23,25H,2-9,12-13,16-17H2,1H3/t21-,22-,23-,25-. The Morgan fingerprint density at radius 1 is 0.846 bits per heavy atom. The molecule has 2 saturated carbocycles. The van der Waals surface area contributed by atoms with Crippen LogP contribution in [-0.4, -0.2) is 0 Å². The maximum atomic E-state index is 12.3. The van der Waals surface area contributed by atoms with Gasteiger partial charge in [-0.05, 0) is 92.6 Å². The Morgan fingerprint density at radius 2 is 1.42 bits per heavy atom. The van der Waals surface area contributed by atoms with Crippen molar-refractivity contribution in [3.8, 4) is 0 Å². The Labute approximate surface area is 160 Å². The number of rotatable bonds is 7. The average Bonchev–Trinajstić information content (AvgIpc) is 2.69. The molecule has 2 fully saturated rings. The third-order valence-corrected chi connectivity index (χ3v) is 7.06. The Hall–Kier alpha value is -1.11. The molecule has 0 aromatic heterocycles. The Balaban J connectivity index is 1.36. The second-order valence-corrected chi connectivity index (χ2v) is 8.89. The van der Waals surface area contributed by atoms with E-state index in [0.717, 1.165) is 24.1 Å². The van der Waals surface area contributed by atoms with E-state index in [4.69, 9.17) is 0 Å². The van der Waals surface area contributed by atoms with E-state index in [2.05, 4.69) is 31.2 Å². The van der Waals surface area contributed by atoms with Crippen molar-refractivity contribution in [1.29, 1.82) is 0 Å². The van der Waals surface area contributed by atoms with Gasteiger partial charge in [0.05, 0.1) is 6.33 Å². The Kier molecular flexibility index (Phi) is 7.77. The topological polar surface area (TPSA) is 0 Å². The molecule has 1 aromatic carbocycles. The predicted octanol–water partition coefficient (Wildman–Crippen LogP) is 7.98. The van der Waals surface area contributed by atoms with Crippen LogP contribution in [0, 0.1) is 17.8 Å². The number of allylic oxidation sites excluding steroid dienone is 1. The first-order valence-corrected chi connectivity index (χ1v) is 11.1. The van der Waals surface area contributed by atoms with E-state index >= 15 is 0 Å². The molecule has 0 N–H and O–H groups in total. The molecule has 0 heterocycles. The van der Waals surface area contributed by atoms with Crippen molar-refractivity contribution >= 4 is 0 Å². The summed E-state index contributed by atoms with van der Waals surface area (Å²) >= 11 is 0. The van der Waals surface area contributed by atoms with Crippen LogP contribution < -0.4 is 0 Å². The lowest BCUT2D eigenvalue weighted by atomic mass is 9.74. The number of benzene rings is 1. The third kappa shape index (κ3) is 5.69. The lowest BCUT2D eigenvalue weighted by Gasteiger charge is -2.31. The lowest BCUT2D eigenvalue weighted by molar-refractivity contribution is 0.245. The number of aryl methyl sites for hydroxylation is 1. The van der Waals surface area contributed by atoms with Crippen LogP contribution in [0.5, 0.6) is 0 Å². The minimum atomic E-state index is 0.510. The van der Waals surface area contributed by atoms with Crippen molar-refractivity contribution in [3.63, 3.8) is 0 Å². The molecule has 1 aromatic rings. The quantitative estimate of drug-likeness (QED) is 0.464. The van der Waals surface area contributed by atoms with Crippen molar-refractivity contribution in [1.82, 2.24) is 0 Å². The maximum Gasteiger partial charge on any atom is 0.0829 e. The summed E-state index contributed by atoms with van der Waals surface area (Å²) in [5.74, 6) is 3.16. The highest BCUT2D eigenvalue weighted by Crippen LogP contribution is 2.40. The second-order valence-electron chi connectivity index (χ2n) is 8.89. The van der Waals surface area contributed by atoms with Gasteiger partial charge in [0.2, 0.25) is 0 Å². The molecule has 0 bridgehead atoms. The molecule has 1 heteroatoms. The van der Waals surface area contributed by atoms with Crippen LogP contribution in [0.15, 0.2) is 36.7 Å². The van der Waals surface area contributed by atoms with Crippen LogP contribution in [0.2, 0.25) is 0 Å². The summed E-state index contributed by atoms with van der Waals surface area (Å²) < 4.78 is 12.3. The van der Waals surface area contributed by atoms with Gasteiger partial charge in [-0.2, -0.15) is 0 Å². The average molecular weight is 357 g/mol. The highest BCUT2D eigenvalue weighted by molar-refractivity contribution is 5.25. The van der Waals surface area contributed by atoms with Gasteiger partial charge in [0.25, 0.3) is 0 Å². The molecule has 0 spiro atoms. The van der Waals surface area contributed by atoms with Gasteiger partial charge in [-0.3, -0.25) is 0 Å². The fourth-order valence-corrected chi connectivity index (χ4v) is 5.27. The minimum absolute atomic E-state index is 0.510. The predicted molar refractivity (Wildman–Crippen MR) is 110 cm³/mol. The van der Waals surface area contributed by atoms with Crippen LogP contribution in [0.25, 0.3) is 0 Å². The van der Waals surface area contributed by atoms with E-state index in [9.17, 15) is 4.39 Å². The zero-order chi connectivity index (χ0) is 18.2. The van der Waals surface area contributed by atoms with Gasteiger partial charge in [0.15, 0.2) is 0 Å². The van der Waals surface area contributed by atoms with Gasteiger partial charge in [0.1, 0.15) is 0 Å². The van der Waals surface area contributed by atoms with Crippen LogP contribution in [0.1, 0.15) is 94.6 Å².